The van der Waals surface area contributed by atoms with Crippen molar-refractivity contribution >= 4 is 29.4 Å². The predicted molar refractivity (Wildman–Crippen MR) is 164 cm³/mol. The van der Waals surface area contributed by atoms with Crippen LogP contribution in [0.25, 0.3) is 6.08 Å². The fourth-order valence-electron chi connectivity index (χ4n) is 5.35. The second-order valence-electron chi connectivity index (χ2n) is 11.7. The maximum absolute atomic E-state index is 12.7. The van der Waals surface area contributed by atoms with Gasteiger partial charge in [0.05, 0.1) is 5.92 Å². The molecule has 216 valence electrons. The molecule has 0 aliphatic heterocycles. The normalized spacial score (nSPS) is 17.4. The summed E-state index contributed by atoms with van der Waals surface area (Å²) >= 11 is 0. The summed E-state index contributed by atoms with van der Waals surface area (Å²) in [6, 6.07) is 12.5. The summed E-state index contributed by atoms with van der Waals surface area (Å²) in [5.74, 6) is 0.656. The van der Waals surface area contributed by atoms with Crippen LogP contribution < -0.4 is 16.2 Å². The van der Waals surface area contributed by atoms with Gasteiger partial charge in [0, 0.05) is 22.9 Å². The van der Waals surface area contributed by atoms with Crippen LogP contribution in [0.15, 0.2) is 61.2 Å². The summed E-state index contributed by atoms with van der Waals surface area (Å²) in [6.07, 6.45) is 16.6. The predicted octanol–water partition coefficient (Wildman–Crippen LogP) is 7.62. The first-order chi connectivity index (χ1) is 19.2. The van der Waals surface area contributed by atoms with Gasteiger partial charge in [0.25, 0.3) is 0 Å². The summed E-state index contributed by atoms with van der Waals surface area (Å²) in [5.41, 5.74) is 14.3. The molecule has 4 N–H and O–H groups in total. The average molecular weight is 547 g/mol. The molecule has 0 aromatic heterocycles. The van der Waals surface area contributed by atoms with Gasteiger partial charge in [-0.25, -0.2) is 4.79 Å². The van der Waals surface area contributed by atoms with Crippen molar-refractivity contribution in [3.63, 3.8) is 0 Å². The number of rotatable bonds is 14. The monoisotopic (exact) mass is 546 g/mol. The van der Waals surface area contributed by atoms with Gasteiger partial charge in [-0.1, -0.05) is 63.8 Å². The van der Waals surface area contributed by atoms with Crippen molar-refractivity contribution in [1.29, 1.82) is 0 Å². The first kappa shape index (κ1) is 31.0. The van der Waals surface area contributed by atoms with Gasteiger partial charge in [-0.2, -0.15) is 0 Å². The summed E-state index contributed by atoms with van der Waals surface area (Å²) in [4.78, 5) is 25.0. The van der Waals surface area contributed by atoms with Crippen LogP contribution in [0.1, 0.15) is 89.2 Å². The molecule has 0 bridgehead atoms. The van der Waals surface area contributed by atoms with E-state index in [4.69, 9.17) is 20.9 Å². The Hall–Kier alpha value is -3.54. The molecule has 1 fully saturated rings. The molecule has 0 atom stereocenters. The molecule has 0 saturated heterocycles. The van der Waals surface area contributed by atoms with Gasteiger partial charge in [-0.05, 0) is 85.9 Å². The lowest BCUT2D eigenvalue weighted by atomic mass is 9.80. The van der Waals surface area contributed by atoms with E-state index in [1.165, 1.54) is 38.2 Å². The minimum absolute atomic E-state index is 0.0222. The largest absolute Gasteiger partial charge is 0.462 e. The van der Waals surface area contributed by atoms with Crippen LogP contribution >= 0.6 is 0 Å². The summed E-state index contributed by atoms with van der Waals surface area (Å²) in [5, 5.41) is 0. The quantitative estimate of drug-likeness (QED) is 0.0630. The fourth-order valence-corrected chi connectivity index (χ4v) is 5.35. The lowest BCUT2D eigenvalue weighted by Gasteiger charge is -2.27. The number of ether oxygens (including phenoxy) is 2. The molecule has 6 nitrogen and oxygen atoms in total. The van der Waals surface area contributed by atoms with Gasteiger partial charge in [0.15, 0.2) is 0 Å². The molecule has 1 aliphatic rings. The minimum Gasteiger partial charge on any atom is -0.462 e. The Morgan fingerprint density at radius 2 is 1.68 bits per heavy atom. The van der Waals surface area contributed by atoms with Crippen molar-refractivity contribution in [2.75, 3.05) is 18.1 Å². The number of nitrogen functional groups attached to an aromatic ring is 2. The van der Waals surface area contributed by atoms with Crippen LogP contribution in [0.2, 0.25) is 0 Å². The third-order valence-electron chi connectivity index (χ3n) is 7.84. The van der Waals surface area contributed by atoms with Crippen molar-refractivity contribution in [1.82, 2.24) is 0 Å². The number of hydrogen-bond donors (Lipinski definition) is 2. The Labute approximate surface area is 239 Å². The highest BCUT2D eigenvalue weighted by atomic mass is 16.5. The summed E-state index contributed by atoms with van der Waals surface area (Å²) < 4.78 is 11.1. The van der Waals surface area contributed by atoms with E-state index in [1.807, 2.05) is 38.1 Å². The fraction of sp³-hybridized carbons (Fsp3) is 0.471. The molecular formula is C34H46N2O4. The third kappa shape index (κ3) is 9.89. The Bertz CT molecular complexity index is 1150. The number of nitrogens with two attached hydrogens (primary N) is 2. The lowest BCUT2D eigenvalue weighted by Crippen LogP contribution is -2.27. The zero-order valence-electron chi connectivity index (χ0n) is 24.2. The van der Waals surface area contributed by atoms with Crippen LogP contribution in [-0.2, 0) is 19.7 Å². The van der Waals surface area contributed by atoms with Crippen molar-refractivity contribution in [2.24, 2.45) is 11.8 Å². The van der Waals surface area contributed by atoms with Crippen molar-refractivity contribution in [3.8, 4) is 5.75 Å². The van der Waals surface area contributed by atoms with Gasteiger partial charge in [-0.15, -0.1) is 6.58 Å². The summed E-state index contributed by atoms with van der Waals surface area (Å²) in [6.45, 7) is 7.88. The number of esters is 2. The first-order valence-corrected chi connectivity index (χ1v) is 14.6. The molecule has 3 rings (SSSR count). The molecule has 2 aromatic rings. The Morgan fingerprint density at radius 3 is 2.35 bits per heavy atom. The number of benzene rings is 2. The van der Waals surface area contributed by atoms with Gasteiger partial charge < -0.3 is 20.9 Å². The SMILES string of the molecule is C=CCCCCCCC1CCC(C(=O)Oc2ccc(C=CC(=O)OCC(C)(C)c3ccc(N)cc3N)cc2)CC1. The maximum atomic E-state index is 12.7. The Kier molecular flexibility index (Phi) is 11.9. The van der Waals surface area contributed by atoms with E-state index in [9.17, 15) is 9.59 Å². The topological polar surface area (TPSA) is 105 Å². The second kappa shape index (κ2) is 15.3. The molecule has 0 radical (unpaired) electrons. The zero-order valence-corrected chi connectivity index (χ0v) is 24.2. The molecule has 1 aliphatic carbocycles. The molecule has 40 heavy (non-hydrogen) atoms. The van der Waals surface area contributed by atoms with Gasteiger partial charge in [0.2, 0.25) is 0 Å². The Morgan fingerprint density at radius 1 is 0.975 bits per heavy atom. The van der Waals surface area contributed by atoms with E-state index in [1.54, 1.807) is 30.3 Å². The van der Waals surface area contributed by atoms with Crippen LogP contribution in [0.5, 0.6) is 5.75 Å². The average Bonchev–Trinajstić information content (AvgIpc) is 2.93. The van der Waals surface area contributed by atoms with Gasteiger partial charge >= 0.3 is 11.9 Å². The van der Waals surface area contributed by atoms with E-state index in [0.717, 1.165) is 49.1 Å². The maximum Gasteiger partial charge on any atom is 0.330 e. The van der Waals surface area contributed by atoms with Crippen LogP contribution in [-0.4, -0.2) is 18.5 Å². The highest BCUT2D eigenvalue weighted by molar-refractivity contribution is 5.87. The molecule has 0 unspecified atom stereocenters. The molecule has 2 aromatic carbocycles. The zero-order chi connectivity index (χ0) is 29.0. The molecule has 1 saturated carbocycles. The highest BCUT2D eigenvalue weighted by Gasteiger charge is 2.28. The first-order valence-electron chi connectivity index (χ1n) is 14.6. The summed E-state index contributed by atoms with van der Waals surface area (Å²) in [7, 11) is 0. The smallest absolute Gasteiger partial charge is 0.330 e. The lowest BCUT2D eigenvalue weighted by molar-refractivity contribution is -0.140. The van der Waals surface area contributed by atoms with Crippen LogP contribution in [0.3, 0.4) is 0 Å². The number of unbranched alkanes of at least 4 members (excludes halogenated alkanes) is 4. The van der Waals surface area contributed by atoms with E-state index in [0.29, 0.717) is 17.1 Å². The molecule has 0 heterocycles. The van der Waals surface area contributed by atoms with E-state index in [-0.39, 0.29) is 18.5 Å². The standard InChI is InChI=1S/C34H46N2O4/c1-4-5-6-7-8-9-10-25-11-16-27(17-12-25)33(38)40-29-19-13-26(14-20-29)15-22-32(37)39-24-34(2,3)30-21-18-28(35)23-31(30)36/h4,13-15,18-23,25,27H,1,5-12,16-17,24,35-36H2,2-3H3. The number of allylic oxidation sites excluding steroid dienone is 1. The molecule has 0 amide bonds. The number of anilines is 2. The van der Waals surface area contributed by atoms with Crippen molar-refractivity contribution in [2.45, 2.75) is 83.5 Å². The van der Waals surface area contributed by atoms with Crippen molar-refractivity contribution in [3.05, 3.63) is 72.3 Å². The number of hydrogen-bond acceptors (Lipinski definition) is 6. The molecule has 6 heteroatoms. The van der Waals surface area contributed by atoms with E-state index in [2.05, 4.69) is 6.58 Å². The number of carbonyl (C=O) groups excluding carboxylic acids is 2. The second-order valence-corrected chi connectivity index (χ2v) is 11.7. The van der Waals surface area contributed by atoms with E-state index < -0.39 is 11.4 Å². The highest BCUT2D eigenvalue weighted by Crippen LogP contribution is 2.33. The van der Waals surface area contributed by atoms with Crippen LogP contribution in [0.4, 0.5) is 11.4 Å². The van der Waals surface area contributed by atoms with Gasteiger partial charge in [-0.3, -0.25) is 4.79 Å². The molecule has 0 spiro atoms. The van der Waals surface area contributed by atoms with Gasteiger partial charge in [0.1, 0.15) is 12.4 Å². The number of carbonyl (C=O) groups is 2. The van der Waals surface area contributed by atoms with Crippen molar-refractivity contribution < 1.29 is 19.1 Å². The molecular weight excluding hydrogens is 500 g/mol. The van der Waals surface area contributed by atoms with Crippen LogP contribution in [0, 0.1) is 11.8 Å². The van der Waals surface area contributed by atoms with E-state index >= 15 is 0 Å². The third-order valence-corrected chi connectivity index (χ3v) is 7.84. The minimum atomic E-state index is -0.461. The Balaban J connectivity index is 1.38.